The SMILES string of the molecule is CC1=C(c2cccc3c2[CH]([Zr+2])c2ccccc2-3)C(C)C=C1C(C)(C)C.[Cl-].[Cl-]. The van der Waals surface area contributed by atoms with Crippen LogP contribution in [0.3, 0.4) is 0 Å². The van der Waals surface area contributed by atoms with E-state index in [9.17, 15) is 0 Å². The molecule has 4 rings (SSSR count). The van der Waals surface area contributed by atoms with E-state index in [0.717, 1.165) is 0 Å². The molecule has 0 spiro atoms. The van der Waals surface area contributed by atoms with E-state index in [1.165, 1.54) is 33.4 Å². The average Bonchev–Trinajstić information content (AvgIpc) is 3.03. The van der Waals surface area contributed by atoms with Crippen molar-refractivity contribution < 1.29 is 49.5 Å². The Kier molecular flexibility index (Phi) is 6.73. The van der Waals surface area contributed by atoms with Crippen molar-refractivity contribution in [1.82, 2.24) is 0 Å². The van der Waals surface area contributed by atoms with Gasteiger partial charge in [0, 0.05) is 0 Å². The van der Waals surface area contributed by atoms with Gasteiger partial charge in [0.15, 0.2) is 0 Å². The van der Waals surface area contributed by atoms with Gasteiger partial charge in [-0.05, 0) is 0 Å². The van der Waals surface area contributed by atoms with E-state index < -0.39 is 0 Å². The Bertz CT molecular complexity index is 932. The predicted molar refractivity (Wildman–Crippen MR) is 103 cm³/mol. The molecule has 0 fully saturated rings. The average molecular weight is 476 g/mol. The summed E-state index contributed by atoms with van der Waals surface area (Å²) in [6.07, 6.45) is 2.49. The molecule has 0 heterocycles. The Balaban J connectivity index is 0.00000131. The summed E-state index contributed by atoms with van der Waals surface area (Å²) in [6, 6.07) is 15.9. The molecule has 2 unspecified atom stereocenters. The monoisotopic (exact) mass is 473 g/mol. The summed E-state index contributed by atoms with van der Waals surface area (Å²) in [7, 11) is 0. The Morgan fingerprint density at radius 3 is 2.07 bits per heavy atom. The van der Waals surface area contributed by atoms with Crippen LogP contribution in [0.2, 0.25) is 0 Å². The van der Waals surface area contributed by atoms with E-state index in [0.29, 0.717) is 9.54 Å². The summed E-state index contributed by atoms with van der Waals surface area (Å²) in [5, 5.41) is 0. The van der Waals surface area contributed by atoms with Crippen LogP contribution in [-0.2, 0) is 24.7 Å². The minimum absolute atomic E-state index is 0. The van der Waals surface area contributed by atoms with Crippen LogP contribution in [0.5, 0.6) is 0 Å². The van der Waals surface area contributed by atoms with Gasteiger partial charge in [0.25, 0.3) is 0 Å². The van der Waals surface area contributed by atoms with E-state index in [4.69, 9.17) is 0 Å². The number of rotatable bonds is 1. The van der Waals surface area contributed by atoms with Crippen LogP contribution in [0.25, 0.3) is 16.7 Å². The standard InChI is InChI=1S/C24H25.2ClH.Zr/c1-15-13-22(24(3,4)5)16(2)23(15)20-12-8-11-19-18-10-7-6-9-17(18)14-21(19)20;;;/h6-15H,1-5H3;2*1H;/q;;;+2/p-2. The van der Waals surface area contributed by atoms with Gasteiger partial charge >= 0.3 is 167 Å². The fourth-order valence-corrected chi connectivity index (χ4v) is 6.08. The summed E-state index contributed by atoms with van der Waals surface area (Å²) in [5.74, 6) is 0.493. The number of hydrogen-bond acceptors (Lipinski definition) is 0. The second-order valence-electron chi connectivity index (χ2n) is 8.44. The summed E-state index contributed by atoms with van der Waals surface area (Å²) in [5.41, 5.74) is 12.2. The molecule has 2 aliphatic rings. The minimum Gasteiger partial charge on any atom is -1.00 e. The third-order valence-electron chi connectivity index (χ3n) is 5.73. The van der Waals surface area contributed by atoms with Crippen LogP contribution in [0.1, 0.15) is 54.9 Å². The van der Waals surface area contributed by atoms with Crippen molar-refractivity contribution in [2.24, 2.45) is 11.3 Å². The van der Waals surface area contributed by atoms with Crippen molar-refractivity contribution in [3.63, 3.8) is 0 Å². The molecule has 0 amide bonds. The van der Waals surface area contributed by atoms with Gasteiger partial charge in [0.05, 0.1) is 0 Å². The minimum atomic E-state index is 0. The molecule has 3 heteroatoms. The number of fused-ring (bicyclic) bond motifs is 3. The number of halogens is 2. The maximum absolute atomic E-state index is 2.49. The second-order valence-corrected chi connectivity index (χ2v) is 9.86. The molecule has 0 saturated heterocycles. The summed E-state index contributed by atoms with van der Waals surface area (Å²) >= 11 is 1.58. The molecule has 27 heavy (non-hydrogen) atoms. The molecular weight excluding hydrogens is 450 g/mol. The molecule has 0 aromatic heterocycles. The second kappa shape index (κ2) is 8.02. The van der Waals surface area contributed by atoms with Gasteiger partial charge in [-0.15, -0.1) is 0 Å². The van der Waals surface area contributed by atoms with Crippen molar-refractivity contribution in [3.05, 3.63) is 76.4 Å². The zero-order chi connectivity index (χ0) is 17.9. The molecule has 2 aromatic carbocycles. The molecule has 0 radical (unpaired) electrons. The van der Waals surface area contributed by atoms with Crippen molar-refractivity contribution in [1.29, 1.82) is 0 Å². The third-order valence-corrected chi connectivity index (χ3v) is 7.21. The molecule has 2 aromatic rings. The third kappa shape index (κ3) is 3.57. The molecule has 0 N–H and O–H groups in total. The first-order chi connectivity index (χ1) is 11.8. The summed E-state index contributed by atoms with van der Waals surface area (Å²) in [6.45, 7) is 11.7. The summed E-state index contributed by atoms with van der Waals surface area (Å²) in [4.78, 5) is 0. The van der Waals surface area contributed by atoms with Gasteiger partial charge in [-0.2, -0.15) is 0 Å². The van der Waals surface area contributed by atoms with Gasteiger partial charge in [0.2, 0.25) is 0 Å². The smallest absolute Gasteiger partial charge is 1.00 e. The molecular formula is C24H25Cl2Zr. The van der Waals surface area contributed by atoms with Crippen molar-refractivity contribution in [2.45, 2.75) is 38.2 Å². The molecule has 0 nitrogen and oxygen atoms in total. The van der Waals surface area contributed by atoms with Crippen LogP contribution in [-0.4, -0.2) is 0 Å². The maximum Gasteiger partial charge on any atom is -1.00 e. The fraction of sp³-hybridized carbons (Fsp3) is 0.333. The molecule has 2 aliphatic carbocycles. The Hall–Kier alpha value is -0.617. The van der Waals surface area contributed by atoms with Crippen molar-refractivity contribution in [3.8, 4) is 11.1 Å². The number of allylic oxidation sites excluding steroid dienone is 4. The van der Waals surface area contributed by atoms with Crippen molar-refractivity contribution in [2.75, 3.05) is 0 Å². The molecule has 0 saturated carbocycles. The molecule has 0 aliphatic heterocycles. The van der Waals surface area contributed by atoms with Crippen LogP contribution < -0.4 is 24.8 Å². The van der Waals surface area contributed by atoms with Crippen LogP contribution in [0.4, 0.5) is 0 Å². The van der Waals surface area contributed by atoms with E-state index in [2.05, 4.69) is 83.2 Å². The largest absolute Gasteiger partial charge is 1.00 e. The van der Waals surface area contributed by atoms with Gasteiger partial charge in [-0.1, -0.05) is 0 Å². The Morgan fingerprint density at radius 1 is 0.852 bits per heavy atom. The van der Waals surface area contributed by atoms with Crippen LogP contribution in [0, 0.1) is 11.3 Å². The van der Waals surface area contributed by atoms with E-state index >= 15 is 0 Å². The van der Waals surface area contributed by atoms with E-state index in [-0.39, 0.29) is 30.2 Å². The van der Waals surface area contributed by atoms with Gasteiger partial charge in [-0.3, -0.25) is 0 Å². The van der Waals surface area contributed by atoms with Gasteiger partial charge in [0.1, 0.15) is 0 Å². The van der Waals surface area contributed by atoms with E-state index in [1.54, 1.807) is 35.9 Å². The topological polar surface area (TPSA) is 0 Å². The van der Waals surface area contributed by atoms with Crippen LogP contribution >= 0.6 is 0 Å². The maximum atomic E-state index is 2.49. The number of benzene rings is 2. The quantitative estimate of drug-likeness (QED) is 0.570. The number of hydrogen-bond donors (Lipinski definition) is 0. The molecule has 139 valence electrons. The zero-order valence-corrected chi connectivity index (χ0v) is 20.5. The normalized spacial score (nSPS) is 20.5. The Labute approximate surface area is 191 Å². The van der Waals surface area contributed by atoms with Gasteiger partial charge in [-0.25, -0.2) is 0 Å². The first-order valence-electron chi connectivity index (χ1n) is 9.18. The van der Waals surface area contributed by atoms with Crippen molar-refractivity contribution >= 4 is 5.57 Å². The Morgan fingerprint density at radius 2 is 1.44 bits per heavy atom. The fourth-order valence-electron chi connectivity index (χ4n) is 4.70. The molecule has 2 atom stereocenters. The first-order valence-corrected chi connectivity index (χ1v) is 10.6. The zero-order valence-electron chi connectivity index (χ0n) is 16.5. The van der Waals surface area contributed by atoms with E-state index in [1.807, 2.05) is 0 Å². The van der Waals surface area contributed by atoms with Gasteiger partial charge < -0.3 is 24.8 Å². The predicted octanol–water partition coefficient (Wildman–Crippen LogP) is 0.707. The summed E-state index contributed by atoms with van der Waals surface area (Å²) < 4.78 is 0.556. The first kappa shape index (κ1) is 22.7. The van der Waals surface area contributed by atoms with Crippen LogP contribution in [0.15, 0.2) is 59.7 Å². The molecule has 0 bridgehead atoms.